The van der Waals surface area contributed by atoms with Crippen molar-refractivity contribution >= 4 is 17.3 Å². The van der Waals surface area contributed by atoms with Crippen molar-refractivity contribution in [2.45, 2.75) is 39.5 Å². The summed E-state index contributed by atoms with van der Waals surface area (Å²) in [6.45, 7) is 3.94. The number of hydrogen-bond donors (Lipinski definition) is 2. The molecule has 0 bridgehead atoms. The van der Waals surface area contributed by atoms with Crippen LogP contribution >= 0.6 is 0 Å². The summed E-state index contributed by atoms with van der Waals surface area (Å²) in [7, 11) is 0. The molecule has 1 aromatic rings. The number of amides is 1. The van der Waals surface area contributed by atoms with Gasteiger partial charge >= 0.3 is 0 Å². The molecule has 92 valence electrons. The average molecular weight is 232 g/mol. The van der Waals surface area contributed by atoms with Gasteiger partial charge in [0.25, 0.3) is 0 Å². The molecule has 1 aliphatic rings. The van der Waals surface area contributed by atoms with Crippen LogP contribution in [0.2, 0.25) is 0 Å². The van der Waals surface area contributed by atoms with Crippen LogP contribution in [0.1, 0.15) is 36.8 Å². The second kappa shape index (κ2) is 4.78. The lowest BCUT2D eigenvalue weighted by Crippen LogP contribution is -2.21. The lowest BCUT2D eigenvalue weighted by molar-refractivity contribution is -0.117. The molecule has 0 heterocycles. The Bertz CT molecular complexity index is 436. The molecule has 1 aromatic carbocycles. The fraction of sp³-hybridized carbons (Fsp3) is 0.500. The zero-order valence-corrected chi connectivity index (χ0v) is 10.5. The van der Waals surface area contributed by atoms with Gasteiger partial charge in [0.05, 0.1) is 0 Å². The van der Waals surface area contributed by atoms with Gasteiger partial charge in [0.2, 0.25) is 5.91 Å². The fourth-order valence-corrected chi connectivity index (χ4v) is 2.21. The van der Waals surface area contributed by atoms with Gasteiger partial charge < -0.3 is 11.1 Å². The molecular formula is C14H20N2O. The molecule has 0 aromatic heterocycles. The van der Waals surface area contributed by atoms with E-state index in [1.165, 1.54) is 19.3 Å². The summed E-state index contributed by atoms with van der Waals surface area (Å²) in [5, 5.41) is 3.00. The highest BCUT2D eigenvalue weighted by Gasteiger charge is 2.21. The van der Waals surface area contributed by atoms with E-state index < -0.39 is 0 Å². The molecule has 0 spiro atoms. The van der Waals surface area contributed by atoms with Crippen molar-refractivity contribution in [1.29, 1.82) is 0 Å². The summed E-state index contributed by atoms with van der Waals surface area (Å²) in [6, 6.07) is 3.83. The minimum absolute atomic E-state index is 0.117. The minimum atomic E-state index is 0.117. The molecular weight excluding hydrogens is 212 g/mol. The Hall–Kier alpha value is -1.51. The van der Waals surface area contributed by atoms with E-state index in [2.05, 4.69) is 5.32 Å². The van der Waals surface area contributed by atoms with E-state index in [-0.39, 0.29) is 5.91 Å². The lowest BCUT2D eigenvalue weighted by Gasteiger charge is -2.25. The van der Waals surface area contributed by atoms with Crippen LogP contribution in [0.15, 0.2) is 12.1 Å². The smallest absolute Gasteiger partial charge is 0.224 e. The van der Waals surface area contributed by atoms with E-state index in [0.717, 1.165) is 22.5 Å². The highest BCUT2D eigenvalue weighted by Crippen LogP contribution is 2.30. The van der Waals surface area contributed by atoms with Crippen LogP contribution in [0.4, 0.5) is 11.4 Å². The first-order chi connectivity index (χ1) is 8.08. The summed E-state index contributed by atoms with van der Waals surface area (Å²) in [5.41, 5.74) is 9.50. The third kappa shape index (κ3) is 2.60. The van der Waals surface area contributed by atoms with Crippen LogP contribution in [0.3, 0.4) is 0 Å². The summed E-state index contributed by atoms with van der Waals surface area (Å²) in [6.07, 6.45) is 4.31. The average Bonchev–Trinajstić information content (AvgIpc) is 2.24. The first-order valence-electron chi connectivity index (χ1n) is 6.23. The summed E-state index contributed by atoms with van der Waals surface area (Å²) in [4.78, 5) is 11.9. The molecule has 1 saturated carbocycles. The predicted octanol–water partition coefficient (Wildman–Crippen LogP) is 3.01. The van der Waals surface area contributed by atoms with E-state index in [9.17, 15) is 4.79 Å². The third-order valence-electron chi connectivity index (χ3n) is 3.68. The van der Waals surface area contributed by atoms with Gasteiger partial charge in [-0.2, -0.15) is 0 Å². The lowest BCUT2D eigenvalue weighted by atomic mass is 9.83. The Labute approximate surface area is 102 Å². The molecule has 1 aliphatic carbocycles. The molecule has 3 nitrogen and oxygen atoms in total. The number of nitrogens with two attached hydrogens (primary N) is 1. The van der Waals surface area contributed by atoms with Crippen molar-refractivity contribution in [3.63, 3.8) is 0 Å². The van der Waals surface area contributed by atoms with Crippen LogP contribution in [0.25, 0.3) is 0 Å². The normalized spacial score (nSPS) is 15.4. The maximum absolute atomic E-state index is 11.9. The van der Waals surface area contributed by atoms with Gasteiger partial charge in [-0.1, -0.05) is 12.5 Å². The topological polar surface area (TPSA) is 55.1 Å². The minimum Gasteiger partial charge on any atom is -0.398 e. The van der Waals surface area contributed by atoms with Gasteiger partial charge in [-0.05, 0) is 49.8 Å². The SMILES string of the molecule is Cc1ccc(N)c(C)c1NC(=O)CC1CCC1. The van der Waals surface area contributed by atoms with Gasteiger partial charge in [-0.25, -0.2) is 0 Å². The molecule has 2 rings (SSSR count). The van der Waals surface area contributed by atoms with Crippen molar-refractivity contribution < 1.29 is 4.79 Å². The molecule has 0 aliphatic heterocycles. The zero-order valence-electron chi connectivity index (χ0n) is 10.5. The van der Waals surface area contributed by atoms with Crippen LogP contribution in [0.5, 0.6) is 0 Å². The summed E-state index contributed by atoms with van der Waals surface area (Å²) >= 11 is 0. The molecule has 0 radical (unpaired) electrons. The second-order valence-electron chi connectivity index (χ2n) is 5.02. The number of benzene rings is 1. The van der Waals surface area contributed by atoms with Crippen molar-refractivity contribution in [1.82, 2.24) is 0 Å². The molecule has 0 atom stereocenters. The molecule has 1 amide bonds. The van der Waals surface area contributed by atoms with E-state index in [4.69, 9.17) is 5.73 Å². The van der Waals surface area contributed by atoms with Crippen LogP contribution < -0.4 is 11.1 Å². The first-order valence-corrected chi connectivity index (χ1v) is 6.23. The van der Waals surface area contributed by atoms with Crippen LogP contribution in [-0.4, -0.2) is 5.91 Å². The first kappa shape index (κ1) is 12.0. The highest BCUT2D eigenvalue weighted by atomic mass is 16.1. The van der Waals surface area contributed by atoms with E-state index in [0.29, 0.717) is 12.3 Å². The summed E-state index contributed by atoms with van der Waals surface area (Å²) in [5.74, 6) is 0.711. The standard InChI is InChI=1S/C14H20N2O/c1-9-6-7-12(15)10(2)14(9)16-13(17)8-11-4-3-5-11/h6-7,11H,3-5,8,15H2,1-2H3,(H,16,17). The van der Waals surface area contributed by atoms with Gasteiger partial charge in [0, 0.05) is 17.8 Å². The molecule has 0 unspecified atom stereocenters. The number of nitrogen functional groups attached to an aromatic ring is 1. The summed E-state index contributed by atoms with van der Waals surface area (Å²) < 4.78 is 0. The van der Waals surface area contributed by atoms with Crippen molar-refractivity contribution in [3.05, 3.63) is 23.3 Å². The highest BCUT2D eigenvalue weighted by molar-refractivity contribution is 5.93. The zero-order chi connectivity index (χ0) is 12.4. The van der Waals surface area contributed by atoms with Crippen molar-refractivity contribution in [3.8, 4) is 0 Å². The number of nitrogens with one attached hydrogen (secondary N) is 1. The van der Waals surface area contributed by atoms with Crippen LogP contribution in [0, 0.1) is 19.8 Å². The maximum atomic E-state index is 11.9. The number of carbonyl (C=O) groups excluding carboxylic acids is 1. The number of hydrogen-bond acceptors (Lipinski definition) is 2. The van der Waals surface area contributed by atoms with Gasteiger partial charge in [-0.15, -0.1) is 0 Å². The van der Waals surface area contributed by atoms with Crippen molar-refractivity contribution in [2.75, 3.05) is 11.1 Å². The molecule has 1 fully saturated rings. The fourth-order valence-electron chi connectivity index (χ4n) is 2.21. The van der Waals surface area contributed by atoms with E-state index >= 15 is 0 Å². The Kier molecular flexibility index (Phi) is 3.36. The second-order valence-corrected chi connectivity index (χ2v) is 5.02. The quantitative estimate of drug-likeness (QED) is 0.787. The number of rotatable bonds is 3. The Balaban J connectivity index is 2.06. The largest absolute Gasteiger partial charge is 0.398 e. The van der Waals surface area contributed by atoms with Gasteiger partial charge in [0.1, 0.15) is 0 Å². The van der Waals surface area contributed by atoms with Gasteiger partial charge in [-0.3, -0.25) is 4.79 Å². The van der Waals surface area contributed by atoms with Gasteiger partial charge in [0.15, 0.2) is 0 Å². The maximum Gasteiger partial charge on any atom is 0.224 e. The number of anilines is 2. The van der Waals surface area contributed by atoms with E-state index in [1.807, 2.05) is 26.0 Å². The number of carbonyl (C=O) groups is 1. The molecule has 3 N–H and O–H groups in total. The predicted molar refractivity (Wildman–Crippen MR) is 70.9 cm³/mol. The third-order valence-corrected chi connectivity index (χ3v) is 3.68. The van der Waals surface area contributed by atoms with Crippen LogP contribution in [-0.2, 0) is 4.79 Å². The molecule has 17 heavy (non-hydrogen) atoms. The van der Waals surface area contributed by atoms with E-state index in [1.54, 1.807) is 0 Å². The Morgan fingerprint density at radius 3 is 2.71 bits per heavy atom. The molecule has 3 heteroatoms. The number of aryl methyl sites for hydroxylation is 1. The Morgan fingerprint density at radius 1 is 1.41 bits per heavy atom. The Morgan fingerprint density at radius 2 is 2.12 bits per heavy atom. The molecule has 0 saturated heterocycles. The monoisotopic (exact) mass is 232 g/mol. The van der Waals surface area contributed by atoms with Crippen molar-refractivity contribution in [2.24, 2.45) is 5.92 Å².